The van der Waals surface area contributed by atoms with E-state index in [9.17, 15) is 18.0 Å². The highest BCUT2D eigenvalue weighted by molar-refractivity contribution is 5.92. The maximum atomic E-state index is 13.3. The lowest BCUT2D eigenvalue weighted by Gasteiger charge is -2.22. The number of aryl methyl sites for hydroxylation is 1. The first-order valence-electron chi connectivity index (χ1n) is 11.9. The molecule has 3 aromatic carbocycles. The molecule has 0 saturated carbocycles. The van der Waals surface area contributed by atoms with E-state index in [1.54, 1.807) is 6.07 Å². The third-order valence-corrected chi connectivity index (χ3v) is 6.11. The third-order valence-electron chi connectivity index (χ3n) is 6.11. The minimum absolute atomic E-state index is 0.146. The molecule has 5 nitrogen and oxygen atoms in total. The summed E-state index contributed by atoms with van der Waals surface area (Å²) >= 11 is 0. The van der Waals surface area contributed by atoms with Crippen molar-refractivity contribution in [3.8, 4) is 0 Å². The van der Waals surface area contributed by atoms with E-state index in [4.69, 9.17) is 4.42 Å². The molecule has 4 rings (SSSR count). The normalized spacial score (nSPS) is 12.5. The Hall–Kier alpha value is -3.91. The van der Waals surface area contributed by atoms with Crippen LogP contribution in [0, 0.1) is 6.92 Å². The molecule has 0 saturated heterocycles. The van der Waals surface area contributed by atoms with Crippen LogP contribution in [0.25, 0.3) is 0 Å². The first kappa shape index (κ1) is 26.2. The maximum Gasteiger partial charge on any atom is 0.416 e. The highest BCUT2D eigenvalue weighted by Crippen LogP contribution is 2.30. The molecular weight excluding hydrogens is 479 g/mol. The van der Waals surface area contributed by atoms with E-state index in [-0.39, 0.29) is 30.7 Å². The Labute approximate surface area is 214 Å². The van der Waals surface area contributed by atoms with Gasteiger partial charge in [0.1, 0.15) is 6.26 Å². The second-order valence-corrected chi connectivity index (χ2v) is 9.00. The van der Waals surface area contributed by atoms with Crippen LogP contribution in [0.1, 0.15) is 57.2 Å². The smallest absolute Gasteiger partial charge is 0.416 e. The van der Waals surface area contributed by atoms with Crippen molar-refractivity contribution in [2.75, 3.05) is 0 Å². The quantitative estimate of drug-likeness (QED) is 0.274. The highest BCUT2D eigenvalue weighted by atomic mass is 19.4. The summed E-state index contributed by atoms with van der Waals surface area (Å²) in [6.07, 6.45) is -3.11. The van der Waals surface area contributed by atoms with Crippen LogP contribution in [0.2, 0.25) is 0 Å². The molecule has 0 bridgehead atoms. The van der Waals surface area contributed by atoms with Crippen molar-refractivity contribution < 1.29 is 22.4 Å². The van der Waals surface area contributed by atoms with E-state index in [1.165, 1.54) is 12.3 Å². The van der Waals surface area contributed by atoms with Crippen LogP contribution in [0.5, 0.6) is 0 Å². The van der Waals surface area contributed by atoms with Crippen molar-refractivity contribution in [2.24, 2.45) is 0 Å². The van der Waals surface area contributed by atoms with Crippen LogP contribution in [0.4, 0.5) is 13.2 Å². The number of nitrogens with one attached hydrogen (secondary N) is 1. The van der Waals surface area contributed by atoms with Crippen molar-refractivity contribution in [1.82, 2.24) is 15.2 Å². The molecule has 1 aromatic heterocycles. The van der Waals surface area contributed by atoms with Crippen molar-refractivity contribution in [2.45, 2.75) is 45.7 Å². The molecule has 1 heterocycles. The van der Waals surface area contributed by atoms with E-state index in [2.05, 4.69) is 10.3 Å². The Bertz CT molecular complexity index is 1340. The number of aromatic nitrogens is 1. The molecule has 192 valence electrons. The van der Waals surface area contributed by atoms with Crippen molar-refractivity contribution >= 4 is 5.91 Å². The number of alkyl halides is 3. The summed E-state index contributed by atoms with van der Waals surface area (Å²) in [6.45, 7) is 4.80. The van der Waals surface area contributed by atoms with E-state index < -0.39 is 11.7 Å². The first-order chi connectivity index (χ1) is 17.7. The van der Waals surface area contributed by atoms with E-state index in [0.29, 0.717) is 18.0 Å². The van der Waals surface area contributed by atoms with Gasteiger partial charge in [-0.1, -0.05) is 72.8 Å². The number of halogens is 3. The van der Waals surface area contributed by atoms with Gasteiger partial charge < -0.3 is 9.73 Å². The summed E-state index contributed by atoms with van der Waals surface area (Å²) in [5, 5.41) is 2.91. The number of carbonyl (C=O) groups excluding carboxylic acids is 1. The van der Waals surface area contributed by atoms with Gasteiger partial charge in [-0.15, -0.1) is 0 Å². The number of amides is 1. The van der Waals surface area contributed by atoms with Crippen LogP contribution >= 0.6 is 0 Å². The lowest BCUT2D eigenvalue weighted by atomic mass is 10.1. The molecule has 1 N–H and O–H groups in total. The summed E-state index contributed by atoms with van der Waals surface area (Å²) in [5.74, 6) is -0.0623. The fourth-order valence-corrected chi connectivity index (χ4v) is 4.08. The zero-order valence-corrected chi connectivity index (χ0v) is 20.6. The molecule has 0 aliphatic carbocycles. The molecule has 0 aliphatic rings. The van der Waals surface area contributed by atoms with Crippen molar-refractivity contribution in [3.63, 3.8) is 0 Å². The Balaban J connectivity index is 1.50. The van der Waals surface area contributed by atoms with Gasteiger partial charge in [-0.25, -0.2) is 4.98 Å². The molecule has 0 radical (unpaired) electrons. The number of oxazole rings is 1. The maximum absolute atomic E-state index is 13.3. The van der Waals surface area contributed by atoms with E-state index in [1.807, 2.05) is 73.3 Å². The third kappa shape index (κ3) is 7.07. The van der Waals surface area contributed by atoms with Crippen LogP contribution in [-0.4, -0.2) is 15.8 Å². The minimum atomic E-state index is -4.42. The standard InChI is InChI=1S/C29H28F3N3O2/c1-20-9-6-7-13-24(20)17-35(16-22-10-8-14-25(15-22)29(30,31)32)18-27-34-26(19-37-27)28(36)33-21(2)23-11-4-3-5-12-23/h3-15,19,21H,16-18H2,1-2H3,(H,33,36)/t21-/m1/s1. The lowest BCUT2D eigenvalue weighted by molar-refractivity contribution is -0.137. The predicted octanol–water partition coefficient (Wildman–Crippen LogP) is 6.70. The van der Waals surface area contributed by atoms with Crippen LogP contribution < -0.4 is 5.32 Å². The summed E-state index contributed by atoms with van der Waals surface area (Å²) < 4.78 is 45.4. The Morgan fingerprint density at radius 2 is 1.70 bits per heavy atom. The molecule has 0 aliphatic heterocycles. The van der Waals surface area contributed by atoms with E-state index in [0.717, 1.165) is 28.8 Å². The molecule has 1 atom stereocenters. The van der Waals surface area contributed by atoms with Gasteiger partial charge in [-0.2, -0.15) is 13.2 Å². The molecule has 8 heteroatoms. The minimum Gasteiger partial charge on any atom is -0.447 e. The zero-order chi connectivity index (χ0) is 26.4. The average Bonchev–Trinajstić information content (AvgIpc) is 3.34. The molecule has 1 amide bonds. The zero-order valence-electron chi connectivity index (χ0n) is 20.6. The molecule has 4 aromatic rings. The number of nitrogens with zero attached hydrogens (tertiary/aromatic N) is 2. The van der Waals surface area contributed by atoms with Gasteiger partial charge in [0.05, 0.1) is 18.2 Å². The Morgan fingerprint density at radius 1 is 0.973 bits per heavy atom. The fraction of sp³-hybridized carbons (Fsp3) is 0.241. The summed E-state index contributed by atoms with van der Waals surface area (Å²) in [6, 6.07) is 22.5. The fourth-order valence-electron chi connectivity index (χ4n) is 4.08. The Morgan fingerprint density at radius 3 is 2.43 bits per heavy atom. The van der Waals surface area contributed by atoms with Crippen molar-refractivity contribution in [3.05, 3.63) is 125 Å². The molecule has 0 spiro atoms. The van der Waals surface area contributed by atoms with Crippen LogP contribution in [0.3, 0.4) is 0 Å². The predicted molar refractivity (Wildman–Crippen MR) is 134 cm³/mol. The molecule has 0 fully saturated rings. The number of hydrogen-bond donors (Lipinski definition) is 1. The van der Waals surface area contributed by atoms with Crippen molar-refractivity contribution in [1.29, 1.82) is 0 Å². The molecule has 0 unspecified atom stereocenters. The van der Waals surface area contributed by atoms with Gasteiger partial charge in [0, 0.05) is 13.1 Å². The summed E-state index contributed by atoms with van der Waals surface area (Å²) in [5.41, 5.74) is 3.04. The monoisotopic (exact) mass is 507 g/mol. The van der Waals surface area contributed by atoms with Gasteiger partial charge in [0.15, 0.2) is 5.69 Å². The van der Waals surface area contributed by atoms with Gasteiger partial charge in [-0.05, 0) is 42.2 Å². The van der Waals surface area contributed by atoms with Crippen LogP contribution in [-0.2, 0) is 25.8 Å². The largest absolute Gasteiger partial charge is 0.447 e. The first-order valence-corrected chi connectivity index (χ1v) is 11.9. The van der Waals surface area contributed by atoms with Gasteiger partial charge in [0.2, 0.25) is 5.89 Å². The van der Waals surface area contributed by atoms with Crippen LogP contribution in [0.15, 0.2) is 89.5 Å². The second kappa shape index (κ2) is 11.4. The summed E-state index contributed by atoms with van der Waals surface area (Å²) in [7, 11) is 0. The number of benzene rings is 3. The summed E-state index contributed by atoms with van der Waals surface area (Å²) in [4.78, 5) is 19.0. The number of carbonyl (C=O) groups is 1. The second-order valence-electron chi connectivity index (χ2n) is 9.00. The average molecular weight is 508 g/mol. The number of hydrogen-bond acceptors (Lipinski definition) is 4. The molecule has 37 heavy (non-hydrogen) atoms. The number of rotatable bonds is 9. The van der Waals surface area contributed by atoms with Gasteiger partial charge >= 0.3 is 6.18 Å². The van der Waals surface area contributed by atoms with Gasteiger partial charge in [0.25, 0.3) is 5.91 Å². The highest BCUT2D eigenvalue weighted by Gasteiger charge is 2.30. The van der Waals surface area contributed by atoms with E-state index >= 15 is 0 Å². The topological polar surface area (TPSA) is 58.4 Å². The SMILES string of the molecule is Cc1ccccc1CN(Cc1cccc(C(F)(F)F)c1)Cc1nc(C(=O)N[C@H](C)c2ccccc2)co1. The van der Waals surface area contributed by atoms with Gasteiger partial charge in [-0.3, -0.25) is 9.69 Å². The Kier molecular flexibility index (Phi) is 8.08. The molecular formula is C29H28F3N3O2. The lowest BCUT2D eigenvalue weighted by Crippen LogP contribution is -2.27.